The van der Waals surface area contributed by atoms with Crippen LogP contribution < -0.4 is 15.8 Å². The monoisotopic (exact) mass is 316 g/mol. The zero-order valence-corrected chi connectivity index (χ0v) is 13.3. The van der Waals surface area contributed by atoms with Gasteiger partial charge in [0.05, 0.1) is 12.3 Å². The molecule has 0 aliphatic heterocycles. The standard InChI is InChI=1S/C16H20N4O3/c1-10(9-21)17-15(22)13-8-14(18-19-16(13)23)11-4-6-12(7-5-11)20(2)3/h4-8,10,21H,9H2,1-3H3,(H,17,22)(H,19,23). The van der Waals surface area contributed by atoms with Gasteiger partial charge in [0, 0.05) is 31.4 Å². The minimum absolute atomic E-state index is 0.0352. The average Bonchev–Trinajstić information content (AvgIpc) is 2.55. The maximum Gasteiger partial charge on any atom is 0.277 e. The number of benzene rings is 1. The fourth-order valence-corrected chi connectivity index (χ4v) is 2.00. The van der Waals surface area contributed by atoms with Gasteiger partial charge in [-0.25, -0.2) is 5.10 Å². The van der Waals surface area contributed by atoms with Crippen LogP contribution in [-0.2, 0) is 0 Å². The normalized spacial score (nSPS) is 11.8. The smallest absolute Gasteiger partial charge is 0.277 e. The number of hydrogen-bond acceptors (Lipinski definition) is 5. The first-order chi connectivity index (χ1) is 10.9. The number of rotatable bonds is 5. The summed E-state index contributed by atoms with van der Waals surface area (Å²) >= 11 is 0. The number of nitrogens with one attached hydrogen (secondary N) is 2. The third-order valence-corrected chi connectivity index (χ3v) is 3.38. The largest absolute Gasteiger partial charge is 0.394 e. The van der Waals surface area contributed by atoms with E-state index in [2.05, 4.69) is 15.5 Å². The third-order valence-electron chi connectivity index (χ3n) is 3.38. The highest BCUT2D eigenvalue weighted by Crippen LogP contribution is 2.20. The van der Waals surface area contributed by atoms with Crippen molar-refractivity contribution in [3.05, 3.63) is 46.2 Å². The second-order valence-corrected chi connectivity index (χ2v) is 5.49. The van der Waals surface area contributed by atoms with Gasteiger partial charge in [0.1, 0.15) is 5.56 Å². The van der Waals surface area contributed by atoms with Crippen LogP contribution >= 0.6 is 0 Å². The molecule has 1 aromatic carbocycles. The first-order valence-electron chi connectivity index (χ1n) is 7.21. The third kappa shape index (κ3) is 3.95. The van der Waals surface area contributed by atoms with E-state index in [1.165, 1.54) is 6.07 Å². The van der Waals surface area contributed by atoms with Crippen molar-refractivity contribution in [2.75, 3.05) is 25.6 Å². The number of amides is 1. The number of anilines is 1. The first-order valence-corrected chi connectivity index (χ1v) is 7.21. The van der Waals surface area contributed by atoms with Gasteiger partial charge in [-0.1, -0.05) is 12.1 Å². The fraction of sp³-hybridized carbons (Fsp3) is 0.312. The van der Waals surface area contributed by atoms with E-state index in [1.807, 2.05) is 43.3 Å². The van der Waals surface area contributed by atoms with Gasteiger partial charge in [0.2, 0.25) is 0 Å². The van der Waals surface area contributed by atoms with Crippen LogP contribution in [0.1, 0.15) is 17.3 Å². The molecule has 0 saturated carbocycles. The summed E-state index contributed by atoms with van der Waals surface area (Å²) in [6, 6.07) is 8.61. The Hall–Kier alpha value is -2.67. The molecule has 1 unspecified atom stereocenters. The average molecular weight is 316 g/mol. The Morgan fingerprint density at radius 3 is 2.57 bits per heavy atom. The number of aliphatic hydroxyl groups excluding tert-OH is 1. The Labute approximate surface area is 134 Å². The van der Waals surface area contributed by atoms with Crippen LogP contribution in [0.5, 0.6) is 0 Å². The molecular weight excluding hydrogens is 296 g/mol. The highest BCUT2D eigenvalue weighted by molar-refractivity contribution is 5.94. The van der Waals surface area contributed by atoms with Gasteiger partial charge in [0.25, 0.3) is 11.5 Å². The Balaban J connectivity index is 2.33. The number of carbonyl (C=O) groups is 1. The minimum Gasteiger partial charge on any atom is -0.394 e. The molecule has 2 rings (SSSR count). The van der Waals surface area contributed by atoms with Gasteiger partial charge in [-0.2, -0.15) is 5.10 Å². The molecule has 0 spiro atoms. The van der Waals surface area contributed by atoms with E-state index in [0.717, 1.165) is 11.3 Å². The van der Waals surface area contributed by atoms with Crippen molar-refractivity contribution >= 4 is 11.6 Å². The summed E-state index contributed by atoms with van der Waals surface area (Å²) in [5.41, 5.74) is 1.72. The van der Waals surface area contributed by atoms with Crippen molar-refractivity contribution in [2.45, 2.75) is 13.0 Å². The van der Waals surface area contributed by atoms with E-state index in [-0.39, 0.29) is 12.2 Å². The molecule has 1 amide bonds. The van der Waals surface area contributed by atoms with E-state index >= 15 is 0 Å². The van der Waals surface area contributed by atoms with E-state index in [1.54, 1.807) is 6.92 Å². The van der Waals surface area contributed by atoms with Crippen LogP contribution in [0, 0.1) is 0 Å². The molecule has 1 atom stereocenters. The second kappa shape index (κ2) is 7.06. The predicted molar refractivity (Wildman–Crippen MR) is 88.6 cm³/mol. The number of nitrogens with zero attached hydrogens (tertiary/aromatic N) is 2. The maximum atomic E-state index is 12.1. The summed E-state index contributed by atoms with van der Waals surface area (Å²) < 4.78 is 0. The van der Waals surface area contributed by atoms with E-state index in [0.29, 0.717) is 5.69 Å². The summed E-state index contributed by atoms with van der Waals surface area (Å²) in [7, 11) is 3.88. The lowest BCUT2D eigenvalue weighted by atomic mass is 10.1. The van der Waals surface area contributed by atoms with Gasteiger partial charge in [-0.05, 0) is 25.1 Å². The summed E-state index contributed by atoms with van der Waals surface area (Å²) in [4.78, 5) is 25.9. The molecule has 0 aliphatic rings. The summed E-state index contributed by atoms with van der Waals surface area (Å²) in [5, 5.41) is 17.9. The van der Waals surface area contributed by atoms with Crippen molar-refractivity contribution in [3.63, 3.8) is 0 Å². The number of carbonyl (C=O) groups excluding carboxylic acids is 1. The zero-order valence-electron chi connectivity index (χ0n) is 13.3. The van der Waals surface area contributed by atoms with Gasteiger partial charge in [-0.15, -0.1) is 0 Å². The topological polar surface area (TPSA) is 98.3 Å². The van der Waals surface area contributed by atoms with Crippen LogP contribution in [0.25, 0.3) is 11.3 Å². The number of aromatic amines is 1. The molecule has 0 fully saturated rings. The molecule has 23 heavy (non-hydrogen) atoms. The number of H-pyrrole nitrogens is 1. The molecule has 0 radical (unpaired) electrons. The van der Waals surface area contributed by atoms with Crippen LogP contribution in [0.15, 0.2) is 35.1 Å². The lowest BCUT2D eigenvalue weighted by Crippen LogP contribution is -2.38. The lowest BCUT2D eigenvalue weighted by molar-refractivity contribution is 0.0920. The van der Waals surface area contributed by atoms with Gasteiger partial charge in [0.15, 0.2) is 0 Å². The number of hydrogen-bond donors (Lipinski definition) is 3. The van der Waals surface area contributed by atoms with Crippen LogP contribution in [-0.4, -0.2) is 48.0 Å². The molecule has 122 valence electrons. The van der Waals surface area contributed by atoms with Crippen molar-refractivity contribution < 1.29 is 9.90 Å². The quantitative estimate of drug-likeness (QED) is 0.751. The highest BCUT2D eigenvalue weighted by atomic mass is 16.3. The molecule has 1 aromatic heterocycles. The Morgan fingerprint density at radius 2 is 2.00 bits per heavy atom. The van der Waals surface area contributed by atoms with E-state index in [4.69, 9.17) is 5.11 Å². The molecule has 0 bridgehead atoms. The molecule has 0 saturated heterocycles. The second-order valence-electron chi connectivity index (χ2n) is 5.49. The van der Waals surface area contributed by atoms with Crippen molar-refractivity contribution in [2.24, 2.45) is 0 Å². The van der Waals surface area contributed by atoms with Crippen molar-refractivity contribution in [1.29, 1.82) is 0 Å². The Kier molecular flexibility index (Phi) is 5.13. The maximum absolute atomic E-state index is 12.1. The molecular formula is C16H20N4O3. The van der Waals surface area contributed by atoms with Crippen LogP contribution in [0.2, 0.25) is 0 Å². The lowest BCUT2D eigenvalue weighted by Gasteiger charge is -2.13. The van der Waals surface area contributed by atoms with Gasteiger partial charge >= 0.3 is 0 Å². The summed E-state index contributed by atoms with van der Waals surface area (Å²) in [5.74, 6) is -0.540. The Morgan fingerprint density at radius 1 is 1.35 bits per heavy atom. The molecule has 7 nitrogen and oxygen atoms in total. The zero-order chi connectivity index (χ0) is 17.0. The highest BCUT2D eigenvalue weighted by Gasteiger charge is 2.15. The van der Waals surface area contributed by atoms with Crippen LogP contribution in [0.3, 0.4) is 0 Å². The summed E-state index contributed by atoms with van der Waals surface area (Å²) in [6.45, 7) is 1.45. The molecule has 2 aromatic rings. The van der Waals surface area contributed by atoms with Crippen LogP contribution in [0.4, 0.5) is 5.69 Å². The van der Waals surface area contributed by atoms with Gasteiger partial charge in [-0.3, -0.25) is 9.59 Å². The minimum atomic E-state index is -0.568. The fourth-order valence-electron chi connectivity index (χ4n) is 2.00. The van der Waals surface area contributed by atoms with Gasteiger partial charge < -0.3 is 15.3 Å². The predicted octanol–water partition coefficient (Wildman–Crippen LogP) is 0.613. The molecule has 1 heterocycles. The van der Waals surface area contributed by atoms with E-state index in [9.17, 15) is 9.59 Å². The Bertz CT molecular complexity index is 738. The van der Waals surface area contributed by atoms with E-state index < -0.39 is 17.5 Å². The number of aromatic nitrogens is 2. The number of aliphatic hydroxyl groups is 1. The molecule has 3 N–H and O–H groups in total. The SMILES string of the molecule is CC(CO)NC(=O)c1cc(-c2ccc(N(C)C)cc2)n[nH]c1=O. The van der Waals surface area contributed by atoms with Crippen molar-refractivity contribution in [1.82, 2.24) is 15.5 Å². The summed E-state index contributed by atoms with van der Waals surface area (Å²) in [6.07, 6.45) is 0. The first kappa shape index (κ1) is 16.7. The molecule has 0 aliphatic carbocycles. The molecule has 7 heteroatoms. The van der Waals surface area contributed by atoms with Crippen molar-refractivity contribution in [3.8, 4) is 11.3 Å².